The van der Waals surface area contributed by atoms with Crippen LogP contribution in [0, 0.1) is 0 Å². The number of hydrogen-bond acceptors (Lipinski definition) is 3. The molecule has 0 aliphatic rings. The van der Waals surface area contributed by atoms with Gasteiger partial charge in [-0.2, -0.15) is 0 Å². The Balaban J connectivity index is 1.84. The number of halogens is 1. The van der Waals surface area contributed by atoms with Crippen molar-refractivity contribution in [2.45, 2.75) is 13.0 Å². The van der Waals surface area contributed by atoms with Crippen molar-refractivity contribution in [3.63, 3.8) is 0 Å². The van der Waals surface area contributed by atoms with Gasteiger partial charge in [0.05, 0.1) is 7.11 Å². The second kappa shape index (κ2) is 6.56. The van der Waals surface area contributed by atoms with Crippen LogP contribution >= 0.6 is 15.9 Å². The molecule has 1 aromatic heterocycles. The molecule has 18 heavy (non-hydrogen) atoms. The number of methoxy groups -OCH3 is 1. The maximum Gasteiger partial charge on any atom is 0.123 e. The molecule has 0 fully saturated rings. The molecule has 0 aliphatic carbocycles. The maximum absolute atomic E-state index is 5.32. The number of nitrogens with zero attached hydrogens (tertiary/aromatic N) is 1. The van der Waals surface area contributed by atoms with Gasteiger partial charge in [-0.25, -0.2) is 4.98 Å². The molecule has 2 rings (SSSR count). The van der Waals surface area contributed by atoms with E-state index in [-0.39, 0.29) is 0 Å². The Morgan fingerprint density at radius 3 is 3.06 bits per heavy atom. The van der Waals surface area contributed by atoms with Crippen LogP contribution in [-0.4, -0.2) is 23.6 Å². The maximum atomic E-state index is 5.32. The first-order chi connectivity index (χ1) is 8.79. The summed E-state index contributed by atoms with van der Waals surface area (Å²) < 4.78 is 6.39. The summed E-state index contributed by atoms with van der Waals surface area (Å²) in [5.74, 6) is 1.91. The van der Waals surface area contributed by atoms with Crippen LogP contribution in [0.1, 0.15) is 11.4 Å². The first kappa shape index (κ1) is 13.1. The van der Waals surface area contributed by atoms with Crippen molar-refractivity contribution in [1.29, 1.82) is 0 Å². The summed E-state index contributed by atoms with van der Waals surface area (Å²) in [6.07, 6.45) is 4.50. The smallest absolute Gasteiger partial charge is 0.123 e. The number of H-pyrrole nitrogens is 1. The Bertz CT molecular complexity index is 485. The van der Waals surface area contributed by atoms with Crippen LogP contribution in [-0.2, 0) is 13.0 Å². The molecule has 4 nitrogen and oxygen atoms in total. The monoisotopic (exact) mass is 309 g/mol. The lowest BCUT2D eigenvalue weighted by Crippen LogP contribution is -2.17. The SMILES string of the molecule is COc1ccc(Br)cc1CNCCc1ncc[nH]1. The van der Waals surface area contributed by atoms with Crippen molar-refractivity contribution < 1.29 is 4.74 Å². The largest absolute Gasteiger partial charge is 0.496 e. The molecule has 0 bridgehead atoms. The number of benzene rings is 1. The zero-order valence-corrected chi connectivity index (χ0v) is 11.8. The number of rotatable bonds is 6. The summed E-state index contributed by atoms with van der Waals surface area (Å²) in [5.41, 5.74) is 1.14. The van der Waals surface area contributed by atoms with E-state index in [9.17, 15) is 0 Å². The van der Waals surface area contributed by atoms with Gasteiger partial charge in [-0.15, -0.1) is 0 Å². The lowest BCUT2D eigenvalue weighted by Gasteiger charge is -2.09. The molecule has 0 aliphatic heterocycles. The van der Waals surface area contributed by atoms with Crippen molar-refractivity contribution in [2.75, 3.05) is 13.7 Å². The lowest BCUT2D eigenvalue weighted by molar-refractivity contribution is 0.407. The molecule has 0 unspecified atom stereocenters. The molecule has 2 N–H and O–H groups in total. The van der Waals surface area contributed by atoms with Gasteiger partial charge in [0.2, 0.25) is 0 Å². The molecule has 0 amide bonds. The third kappa shape index (κ3) is 3.58. The minimum absolute atomic E-state index is 0.781. The van der Waals surface area contributed by atoms with Crippen molar-refractivity contribution in [3.05, 3.63) is 46.5 Å². The van der Waals surface area contributed by atoms with Crippen molar-refractivity contribution in [1.82, 2.24) is 15.3 Å². The predicted molar refractivity (Wildman–Crippen MR) is 74.7 cm³/mol. The van der Waals surface area contributed by atoms with Crippen LogP contribution in [0.5, 0.6) is 5.75 Å². The average Bonchev–Trinajstić information content (AvgIpc) is 2.88. The van der Waals surface area contributed by atoms with Crippen LogP contribution in [0.25, 0.3) is 0 Å². The number of ether oxygens (including phenoxy) is 1. The molecule has 1 heterocycles. The quantitative estimate of drug-likeness (QED) is 0.806. The molecule has 0 saturated carbocycles. The van der Waals surface area contributed by atoms with Gasteiger partial charge in [-0.1, -0.05) is 15.9 Å². The van der Waals surface area contributed by atoms with Gasteiger partial charge in [0.15, 0.2) is 0 Å². The molecule has 0 saturated heterocycles. The van der Waals surface area contributed by atoms with Gasteiger partial charge in [0.1, 0.15) is 11.6 Å². The van der Waals surface area contributed by atoms with Crippen LogP contribution < -0.4 is 10.1 Å². The summed E-state index contributed by atoms with van der Waals surface area (Å²) in [4.78, 5) is 7.27. The summed E-state index contributed by atoms with van der Waals surface area (Å²) in [6, 6.07) is 6.01. The van der Waals surface area contributed by atoms with E-state index >= 15 is 0 Å². The normalized spacial score (nSPS) is 10.6. The van der Waals surface area contributed by atoms with Crippen LogP contribution in [0.2, 0.25) is 0 Å². The van der Waals surface area contributed by atoms with Gasteiger partial charge >= 0.3 is 0 Å². The first-order valence-corrected chi connectivity index (χ1v) is 6.60. The van der Waals surface area contributed by atoms with Crippen molar-refractivity contribution >= 4 is 15.9 Å². The van der Waals surface area contributed by atoms with Gasteiger partial charge in [-0.05, 0) is 18.2 Å². The molecular weight excluding hydrogens is 294 g/mol. The molecule has 96 valence electrons. The number of aromatic amines is 1. The third-order valence-corrected chi connectivity index (χ3v) is 3.14. The molecule has 0 radical (unpaired) electrons. The predicted octanol–water partition coefficient (Wildman–Crippen LogP) is 2.51. The fraction of sp³-hybridized carbons (Fsp3) is 0.308. The zero-order chi connectivity index (χ0) is 12.8. The van der Waals surface area contributed by atoms with Crippen molar-refractivity contribution in [2.24, 2.45) is 0 Å². The second-order valence-corrected chi connectivity index (χ2v) is 4.83. The summed E-state index contributed by atoms with van der Waals surface area (Å²) >= 11 is 3.47. The van der Waals surface area contributed by atoms with Gasteiger partial charge < -0.3 is 15.0 Å². The van der Waals surface area contributed by atoms with Crippen LogP contribution in [0.4, 0.5) is 0 Å². The Labute approximate surface area is 115 Å². The Hall–Kier alpha value is -1.33. The standard InChI is InChI=1S/C13H16BrN3O/c1-18-12-3-2-11(14)8-10(12)9-15-5-4-13-16-6-7-17-13/h2-3,6-8,15H,4-5,9H2,1H3,(H,16,17). The van der Waals surface area contributed by atoms with E-state index in [0.29, 0.717) is 0 Å². The Morgan fingerprint density at radius 2 is 2.33 bits per heavy atom. The van der Waals surface area contributed by atoms with Crippen molar-refractivity contribution in [3.8, 4) is 5.75 Å². The molecule has 0 atom stereocenters. The van der Waals surface area contributed by atoms with E-state index in [2.05, 4.69) is 37.3 Å². The summed E-state index contributed by atoms with van der Waals surface area (Å²) in [7, 11) is 1.69. The zero-order valence-electron chi connectivity index (χ0n) is 10.2. The molecular formula is C13H16BrN3O. The van der Waals surface area contributed by atoms with Crippen LogP contribution in [0.15, 0.2) is 35.1 Å². The highest BCUT2D eigenvalue weighted by atomic mass is 79.9. The fourth-order valence-electron chi connectivity index (χ4n) is 1.75. The van der Waals surface area contributed by atoms with E-state index in [1.54, 1.807) is 13.3 Å². The van der Waals surface area contributed by atoms with E-state index in [4.69, 9.17) is 4.74 Å². The van der Waals surface area contributed by atoms with E-state index < -0.39 is 0 Å². The third-order valence-electron chi connectivity index (χ3n) is 2.65. The van der Waals surface area contributed by atoms with Gasteiger partial charge in [0, 0.05) is 41.9 Å². The average molecular weight is 310 g/mol. The number of aromatic nitrogens is 2. The highest BCUT2D eigenvalue weighted by molar-refractivity contribution is 9.10. The molecule has 5 heteroatoms. The number of nitrogens with one attached hydrogen (secondary N) is 2. The fourth-order valence-corrected chi connectivity index (χ4v) is 2.16. The van der Waals surface area contributed by atoms with E-state index in [1.807, 2.05) is 18.3 Å². The Morgan fingerprint density at radius 1 is 1.44 bits per heavy atom. The molecule has 1 aromatic carbocycles. The summed E-state index contributed by atoms with van der Waals surface area (Å²) in [5, 5.41) is 3.38. The minimum Gasteiger partial charge on any atom is -0.496 e. The topological polar surface area (TPSA) is 49.9 Å². The minimum atomic E-state index is 0.781. The summed E-state index contributed by atoms with van der Waals surface area (Å²) in [6.45, 7) is 1.66. The Kier molecular flexibility index (Phi) is 4.78. The number of hydrogen-bond donors (Lipinski definition) is 2. The van der Waals surface area contributed by atoms with Gasteiger partial charge in [0.25, 0.3) is 0 Å². The molecule has 2 aromatic rings. The van der Waals surface area contributed by atoms with E-state index in [1.165, 1.54) is 0 Å². The number of imidazole rings is 1. The molecule has 0 spiro atoms. The highest BCUT2D eigenvalue weighted by Crippen LogP contribution is 2.22. The van der Waals surface area contributed by atoms with Crippen LogP contribution in [0.3, 0.4) is 0 Å². The highest BCUT2D eigenvalue weighted by Gasteiger charge is 2.03. The van der Waals surface area contributed by atoms with Gasteiger partial charge in [-0.3, -0.25) is 0 Å². The first-order valence-electron chi connectivity index (χ1n) is 5.81. The van der Waals surface area contributed by atoms with E-state index in [0.717, 1.165) is 41.1 Å². The lowest BCUT2D eigenvalue weighted by atomic mass is 10.2. The second-order valence-electron chi connectivity index (χ2n) is 3.92.